The Labute approximate surface area is 87.6 Å². The molecule has 1 heterocycles. The predicted octanol–water partition coefficient (Wildman–Crippen LogP) is 0.938. The molecule has 0 spiro atoms. The second-order valence-corrected chi connectivity index (χ2v) is 4.73. The van der Waals surface area contributed by atoms with Crippen molar-refractivity contribution in [3.8, 4) is 0 Å². The highest BCUT2D eigenvalue weighted by Crippen LogP contribution is 2.19. The van der Waals surface area contributed by atoms with Crippen molar-refractivity contribution in [1.29, 1.82) is 0 Å². The van der Waals surface area contributed by atoms with Crippen LogP contribution in [-0.4, -0.2) is 44.3 Å². The summed E-state index contributed by atoms with van der Waals surface area (Å²) in [7, 11) is 1.77. The largest absolute Gasteiger partial charge is 0.384 e. The second-order valence-electron chi connectivity index (χ2n) is 4.73. The Bertz CT molecular complexity index is 161. The Hall–Kier alpha value is -0.120. The molecule has 0 aliphatic carbocycles. The smallest absolute Gasteiger partial charge is 0.0500 e. The lowest BCUT2D eigenvalue weighted by Gasteiger charge is -2.21. The Morgan fingerprint density at radius 3 is 2.71 bits per heavy atom. The molecule has 2 N–H and O–H groups in total. The number of ether oxygens (including phenoxy) is 1. The Balaban J connectivity index is 2.21. The standard InChI is InChI=1S/C11H24N2O/c1-9(8-14-3)6-13-5-4-11(7-13)10(2)12/h9-11H,4-8,12H2,1-3H3. The lowest BCUT2D eigenvalue weighted by Crippen LogP contribution is -2.32. The number of rotatable bonds is 5. The first-order valence-electron chi connectivity index (χ1n) is 5.60. The van der Waals surface area contributed by atoms with E-state index >= 15 is 0 Å². The summed E-state index contributed by atoms with van der Waals surface area (Å²) >= 11 is 0. The minimum atomic E-state index is 0.345. The van der Waals surface area contributed by atoms with Crippen LogP contribution in [-0.2, 0) is 4.74 Å². The summed E-state index contributed by atoms with van der Waals surface area (Å²) in [6.45, 7) is 8.75. The molecule has 1 fully saturated rings. The average molecular weight is 200 g/mol. The fourth-order valence-corrected chi connectivity index (χ4v) is 2.24. The van der Waals surface area contributed by atoms with Crippen LogP contribution in [0.15, 0.2) is 0 Å². The third-order valence-electron chi connectivity index (χ3n) is 3.07. The predicted molar refractivity (Wildman–Crippen MR) is 59.2 cm³/mol. The summed E-state index contributed by atoms with van der Waals surface area (Å²) in [5.41, 5.74) is 5.90. The third-order valence-corrected chi connectivity index (χ3v) is 3.07. The van der Waals surface area contributed by atoms with Gasteiger partial charge in [0, 0.05) is 32.8 Å². The quantitative estimate of drug-likeness (QED) is 0.718. The van der Waals surface area contributed by atoms with E-state index in [1.165, 1.54) is 19.5 Å². The van der Waals surface area contributed by atoms with Gasteiger partial charge in [-0.3, -0.25) is 0 Å². The third kappa shape index (κ3) is 3.56. The van der Waals surface area contributed by atoms with Crippen molar-refractivity contribution in [2.24, 2.45) is 17.6 Å². The monoisotopic (exact) mass is 200 g/mol. The maximum atomic E-state index is 5.90. The molecular weight excluding hydrogens is 176 g/mol. The average Bonchev–Trinajstić information content (AvgIpc) is 2.53. The van der Waals surface area contributed by atoms with E-state index in [9.17, 15) is 0 Å². The van der Waals surface area contributed by atoms with Crippen LogP contribution in [0.2, 0.25) is 0 Å². The number of hydrogen-bond donors (Lipinski definition) is 1. The molecule has 0 radical (unpaired) electrons. The van der Waals surface area contributed by atoms with E-state index in [1.807, 2.05) is 0 Å². The van der Waals surface area contributed by atoms with Crippen molar-refractivity contribution < 1.29 is 4.74 Å². The molecule has 0 amide bonds. The number of nitrogens with two attached hydrogens (primary N) is 1. The Morgan fingerprint density at radius 1 is 1.50 bits per heavy atom. The molecule has 0 aromatic carbocycles. The SMILES string of the molecule is COCC(C)CN1CCC(C(C)N)C1. The second kappa shape index (κ2) is 5.69. The molecule has 3 atom stereocenters. The highest BCUT2D eigenvalue weighted by molar-refractivity contribution is 4.81. The molecule has 3 unspecified atom stereocenters. The van der Waals surface area contributed by atoms with Crippen molar-refractivity contribution in [3.05, 3.63) is 0 Å². The van der Waals surface area contributed by atoms with Gasteiger partial charge in [-0.15, -0.1) is 0 Å². The molecule has 1 aliphatic rings. The van der Waals surface area contributed by atoms with E-state index in [4.69, 9.17) is 10.5 Å². The first-order valence-corrected chi connectivity index (χ1v) is 5.60. The van der Waals surface area contributed by atoms with E-state index in [0.29, 0.717) is 17.9 Å². The summed E-state index contributed by atoms with van der Waals surface area (Å²) in [6.07, 6.45) is 1.26. The van der Waals surface area contributed by atoms with Gasteiger partial charge in [-0.25, -0.2) is 0 Å². The van der Waals surface area contributed by atoms with Crippen molar-refractivity contribution >= 4 is 0 Å². The zero-order valence-electron chi connectivity index (χ0n) is 9.70. The number of methoxy groups -OCH3 is 1. The van der Waals surface area contributed by atoms with Gasteiger partial charge in [-0.1, -0.05) is 6.92 Å². The molecule has 1 aliphatic heterocycles. The molecule has 3 nitrogen and oxygen atoms in total. The van der Waals surface area contributed by atoms with Gasteiger partial charge >= 0.3 is 0 Å². The maximum Gasteiger partial charge on any atom is 0.0500 e. The first kappa shape index (κ1) is 12.0. The molecule has 84 valence electrons. The zero-order valence-corrected chi connectivity index (χ0v) is 9.70. The Morgan fingerprint density at radius 2 is 2.21 bits per heavy atom. The Kier molecular flexibility index (Phi) is 4.85. The van der Waals surface area contributed by atoms with Crippen LogP contribution in [0, 0.1) is 11.8 Å². The molecule has 0 aromatic heterocycles. The molecule has 0 bridgehead atoms. The fraction of sp³-hybridized carbons (Fsp3) is 1.00. The number of likely N-dealkylation sites (tertiary alicyclic amines) is 1. The van der Waals surface area contributed by atoms with Crippen LogP contribution in [0.1, 0.15) is 20.3 Å². The summed E-state index contributed by atoms with van der Waals surface area (Å²) in [4.78, 5) is 2.51. The van der Waals surface area contributed by atoms with Gasteiger partial charge in [0.05, 0.1) is 0 Å². The van der Waals surface area contributed by atoms with Crippen LogP contribution < -0.4 is 5.73 Å². The topological polar surface area (TPSA) is 38.5 Å². The van der Waals surface area contributed by atoms with Gasteiger partial charge in [0.2, 0.25) is 0 Å². The molecular formula is C11H24N2O. The normalized spacial score (nSPS) is 27.9. The fourth-order valence-electron chi connectivity index (χ4n) is 2.24. The minimum absolute atomic E-state index is 0.345. The summed E-state index contributed by atoms with van der Waals surface area (Å²) < 4.78 is 5.14. The van der Waals surface area contributed by atoms with Crippen LogP contribution >= 0.6 is 0 Å². The van der Waals surface area contributed by atoms with Crippen molar-refractivity contribution in [3.63, 3.8) is 0 Å². The van der Waals surface area contributed by atoms with Gasteiger partial charge in [-0.2, -0.15) is 0 Å². The van der Waals surface area contributed by atoms with Gasteiger partial charge in [0.15, 0.2) is 0 Å². The van der Waals surface area contributed by atoms with Crippen LogP contribution in [0.25, 0.3) is 0 Å². The number of hydrogen-bond acceptors (Lipinski definition) is 3. The van der Waals surface area contributed by atoms with Crippen LogP contribution in [0.5, 0.6) is 0 Å². The lowest BCUT2D eigenvalue weighted by molar-refractivity contribution is 0.135. The molecule has 1 saturated heterocycles. The van der Waals surface area contributed by atoms with E-state index in [0.717, 1.165) is 13.2 Å². The molecule has 0 aromatic rings. The summed E-state index contributed by atoms with van der Waals surface area (Å²) in [5.74, 6) is 1.33. The molecule has 3 heteroatoms. The van der Waals surface area contributed by atoms with Crippen molar-refractivity contribution in [2.75, 3.05) is 33.4 Å². The highest BCUT2D eigenvalue weighted by Gasteiger charge is 2.25. The van der Waals surface area contributed by atoms with Crippen LogP contribution in [0.3, 0.4) is 0 Å². The summed E-state index contributed by atoms with van der Waals surface area (Å²) in [5, 5.41) is 0. The van der Waals surface area contributed by atoms with Gasteiger partial charge in [0.25, 0.3) is 0 Å². The van der Waals surface area contributed by atoms with Crippen molar-refractivity contribution in [1.82, 2.24) is 4.90 Å². The van der Waals surface area contributed by atoms with Gasteiger partial charge in [0.1, 0.15) is 0 Å². The van der Waals surface area contributed by atoms with Gasteiger partial charge < -0.3 is 15.4 Å². The van der Waals surface area contributed by atoms with E-state index < -0.39 is 0 Å². The molecule has 0 saturated carbocycles. The highest BCUT2D eigenvalue weighted by atomic mass is 16.5. The van der Waals surface area contributed by atoms with E-state index in [2.05, 4.69) is 18.7 Å². The van der Waals surface area contributed by atoms with Crippen LogP contribution in [0.4, 0.5) is 0 Å². The maximum absolute atomic E-state index is 5.90. The molecule has 14 heavy (non-hydrogen) atoms. The number of nitrogens with zero attached hydrogens (tertiary/aromatic N) is 1. The van der Waals surface area contributed by atoms with Gasteiger partial charge in [-0.05, 0) is 31.7 Å². The van der Waals surface area contributed by atoms with E-state index in [-0.39, 0.29) is 0 Å². The van der Waals surface area contributed by atoms with Crippen molar-refractivity contribution in [2.45, 2.75) is 26.3 Å². The summed E-state index contributed by atoms with van der Waals surface area (Å²) in [6, 6.07) is 0.345. The first-order chi connectivity index (χ1) is 6.63. The molecule has 1 rings (SSSR count). The zero-order chi connectivity index (χ0) is 10.6. The minimum Gasteiger partial charge on any atom is -0.384 e. The lowest BCUT2D eigenvalue weighted by atomic mass is 10.0. The van der Waals surface area contributed by atoms with E-state index in [1.54, 1.807) is 7.11 Å².